The van der Waals surface area contributed by atoms with Gasteiger partial charge in [-0.25, -0.2) is 0 Å². The monoisotopic (exact) mass is 491 g/mol. The average molecular weight is 492 g/mol. The van der Waals surface area contributed by atoms with Crippen molar-refractivity contribution in [3.63, 3.8) is 0 Å². The van der Waals surface area contributed by atoms with Crippen molar-refractivity contribution < 1.29 is 14.3 Å². The molecule has 0 bridgehead atoms. The largest absolute Gasteiger partial charge is 0.493 e. The summed E-state index contributed by atoms with van der Waals surface area (Å²) in [6.07, 6.45) is 8.27. The lowest BCUT2D eigenvalue weighted by molar-refractivity contribution is -0.121. The number of aryl methyl sites for hydroxylation is 1. The van der Waals surface area contributed by atoms with E-state index in [1.54, 1.807) is 14.2 Å². The van der Waals surface area contributed by atoms with Crippen LogP contribution < -0.4 is 14.8 Å². The number of rotatable bonds is 11. The van der Waals surface area contributed by atoms with E-state index in [1.807, 2.05) is 18.2 Å². The van der Waals surface area contributed by atoms with Gasteiger partial charge in [0.1, 0.15) is 0 Å². The maximum Gasteiger partial charge on any atom is 0.220 e. The van der Waals surface area contributed by atoms with Crippen LogP contribution in [0, 0.1) is 0 Å². The number of H-pyrrole nitrogens is 1. The molecule has 1 aliphatic rings. The molecule has 3 aromatic rings. The van der Waals surface area contributed by atoms with Crippen LogP contribution in [0.4, 0.5) is 0 Å². The Balaban J connectivity index is 1.52. The molecule has 1 fully saturated rings. The topological polar surface area (TPSA) is 66.6 Å². The maximum atomic E-state index is 13.2. The van der Waals surface area contributed by atoms with E-state index in [0.29, 0.717) is 30.5 Å². The molecule has 0 aliphatic carbocycles. The summed E-state index contributed by atoms with van der Waals surface area (Å²) in [7, 11) is 3.28. The fraction of sp³-hybridized carbons (Fsp3) is 0.500. The number of benzene rings is 2. The lowest BCUT2D eigenvalue weighted by atomic mass is 9.87. The zero-order valence-corrected chi connectivity index (χ0v) is 22.2. The number of hydrogen-bond donors (Lipinski definition) is 2. The van der Waals surface area contributed by atoms with E-state index in [9.17, 15) is 4.79 Å². The number of aromatic amines is 1. The molecule has 194 valence electrons. The molecule has 0 spiro atoms. The number of ether oxygens (including phenoxy) is 2. The molecule has 36 heavy (non-hydrogen) atoms. The quantitative estimate of drug-likeness (QED) is 0.340. The summed E-state index contributed by atoms with van der Waals surface area (Å²) in [5.41, 5.74) is 4.59. The number of carbonyl (C=O) groups excluding carboxylic acids is 1. The van der Waals surface area contributed by atoms with Crippen LogP contribution in [0.2, 0.25) is 0 Å². The first kappa shape index (κ1) is 26.1. The molecule has 0 radical (unpaired) electrons. The third-order valence-electron chi connectivity index (χ3n) is 7.67. The number of likely N-dealkylation sites (tertiary alicyclic amines) is 1. The molecule has 6 nitrogen and oxygen atoms in total. The van der Waals surface area contributed by atoms with E-state index in [0.717, 1.165) is 36.0 Å². The predicted molar refractivity (Wildman–Crippen MR) is 146 cm³/mol. The molecular weight excluding hydrogens is 450 g/mol. The molecule has 0 saturated carbocycles. The number of fused-ring (bicyclic) bond motifs is 1. The van der Waals surface area contributed by atoms with Crippen LogP contribution in [-0.4, -0.2) is 55.7 Å². The van der Waals surface area contributed by atoms with Gasteiger partial charge < -0.3 is 24.7 Å². The number of carbonyl (C=O) groups is 1. The van der Waals surface area contributed by atoms with Gasteiger partial charge in [-0.15, -0.1) is 0 Å². The van der Waals surface area contributed by atoms with Gasteiger partial charge in [0.2, 0.25) is 5.91 Å². The van der Waals surface area contributed by atoms with E-state index in [4.69, 9.17) is 9.47 Å². The molecule has 2 N–H and O–H groups in total. The minimum absolute atomic E-state index is 0.0717. The minimum atomic E-state index is -0.104. The summed E-state index contributed by atoms with van der Waals surface area (Å²) < 4.78 is 11.0. The van der Waals surface area contributed by atoms with E-state index in [1.165, 1.54) is 36.8 Å². The lowest BCUT2D eigenvalue weighted by Gasteiger charge is -2.33. The van der Waals surface area contributed by atoms with Crippen molar-refractivity contribution in [1.82, 2.24) is 15.2 Å². The van der Waals surface area contributed by atoms with Gasteiger partial charge in [-0.2, -0.15) is 0 Å². The van der Waals surface area contributed by atoms with Crippen molar-refractivity contribution >= 4 is 16.8 Å². The second-order valence-electron chi connectivity index (χ2n) is 9.89. The molecule has 4 rings (SSSR count). The Kier molecular flexibility index (Phi) is 8.92. The molecule has 6 heteroatoms. The van der Waals surface area contributed by atoms with E-state index in [-0.39, 0.29) is 11.8 Å². The highest BCUT2D eigenvalue weighted by atomic mass is 16.5. The number of piperidine rings is 1. The number of nitrogens with one attached hydrogen (secondary N) is 2. The SMILES string of the molecule is CCc1cccc2c([C@H](CC(=O)NCCCN3CCCC[C@@H]3C)c3ccc(OC)c(OC)c3)c[nH]c12. The Morgan fingerprint density at radius 2 is 2.00 bits per heavy atom. The Labute approximate surface area is 215 Å². The second kappa shape index (κ2) is 12.3. The maximum absolute atomic E-state index is 13.2. The smallest absolute Gasteiger partial charge is 0.220 e. The molecule has 1 amide bonds. The summed E-state index contributed by atoms with van der Waals surface area (Å²) in [4.78, 5) is 19.2. The predicted octanol–water partition coefficient (Wildman–Crippen LogP) is 5.65. The van der Waals surface area contributed by atoms with Gasteiger partial charge in [-0.3, -0.25) is 4.79 Å². The molecule has 1 saturated heterocycles. The summed E-state index contributed by atoms with van der Waals surface area (Å²) in [5.74, 6) is 1.32. The molecule has 0 unspecified atom stereocenters. The van der Waals surface area contributed by atoms with Gasteiger partial charge in [0.05, 0.1) is 14.2 Å². The van der Waals surface area contributed by atoms with Crippen molar-refractivity contribution in [1.29, 1.82) is 0 Å². The number of para-hydroxylation sites is 1. The molecule has 1 aliphatic heterocycles. The summed E-state index contributed by atoms with van der Waals surface area (Å²) >= 11 is 0. The van der Waals surface area contributed by atoms with Crippen molar-refractivity contribution in [2.75, 3.05) is 33.9 Å². The third-order valence-corrected chi connectivity index (χ3v) is 7.67. The summed E-state index contributed by atoms with van der Waals surface area (Å²) in [6.45, 7) is 7.41. The number of aromatic nitrogens is 1. The van der Waals surface area contributed by atoms with Gasteiger partial charge in [0.15, 0.2) is 11.5 Å². The fourth-order valence-corrected chi connectivity index (χ4v) is 5.56. The second-order valence-corrected chi connectivity index (χ2v) is 9.89. The van der Waals surface area contributed by atoms with Crippen molar-refractivity contribution in [3.8, 4) is 11.5 Å². The Bertz CT molecular complexity index is 1160. The van der Waals surface area contributed by atoms with Crippen molar-refractivity contribution in [2.24, 2.45) is 0 Å². The van der Waals surface area contributed by atoms with Crippen LogP contribution >= 0.6 is 0 Å². The van der Waals surface area contributed by atoms with Crippen molar-refractivity contribution in [2.45, 2.75) is 64.3 Å². The summed E-state index contributed by atoms with van der Waals surface area (Å²) in [6, 6.07) is 13.0. The lowest BCUT2D eigenvalue weighted by Crippen LogP contribution is -2.39. The normalized spacial score (nSPS) is 17.2. The van der Waals surface area contributed by atoms with Crippen molar-refractivity contribution in [3.05, 3.63) is 59.3 Å². The van der Waals surface area contributed by atoms with Crippen LogP contribution in [-0.2, 0) is 11.2 Å². The summed E-state index contributed by atoms with van der Waals surface area (Å²) in [5, 5.41) is 4.36. The van der Waals surface area contributed by atoms with Crippen LogP contribution in [0.25, 0.3) is 10.9 Å². The zero-order valence-electron chi connectivity index (χ0n) is 22.2. The number of amides is 1. The van der Waals surface area contributed by atoms with Crippen LogP contribution in [0.15, 0.2) is 42.6 Å². The molecule has 2 aromatic carbocycles. The molecule has 2 heterocycles. The minimum Gasteiger partial charge on any atom is -0.493 e. The first-order valence-electron chi connectivity index (χ1n) is 13.4. The highest BCUT2D eigenvalue weighted by Crippen LogP contribution is 2.38. The molecule has 2 atom stereocenters. The van der Waals surface area contributed by atoms with E-state index in [2.05, 4.69) is 53.4 Å². The fourth-order valence-electron chi connectivity index (χ4n) is 5.56. The van der Waals surface area contributed by atoms with Gasteiger partial charge in [-0.1, -0.05) is 37.6 Å². The number of nitrogens with zero attached hydrogens (tertiary/aromatic N) is 1. The van der Waals surface area contributed by atoms with Crippen LogP contribution in [0.5, 0.6) is 11.5 Å². The van der Waals surface area contributed by atoms with Gasteiger partial charge >= 0.3 is 0 Å². The molecular formula is C30H41N3O3. The Morgan fingerprint density at radius 1 is 1.17 bits per heavy atom. The van der Waals surface area contributed by atoms with Crippen LogP contribution in [0.1, 0.15) is 68.6 Å². The first-order chi connectivity index (χ1) is 17.5. The average Bonchev–Trinajstić information content (AvgIpc) is 3.34. The Morgan fingerprint density at radius 3 is 2.75 bits per heavy atom. The van der Waals surface area contributed by atoms with Gasteiger partial charge in [0, 0.05) is 48.6 Å². The van der Waals surface area contributed by atoms with E-state index < -0.39 is 0 Å². The highest BCUT2D eigenvalue weighted by molar-refractivity contribution is 5.88. The molecule has 1 aromatic heterocycles. The highest BCUT2D eigenvalue weighted by Gasteiger charge is 2.24. The van der Waals surface area contributed by atoms with Gasteiger partial charge in [-0.05, 0) is 68.0 Å². The first-order valence-corrected chi connectivity index (χ1v) is 13.4. The number of hydrogen-bond acceptors (Lipinski definition) is 4. The zero-order chi connectivity index (χ0) is 25.5. The van der Waals surface area contributed by atoms with Crippen LogP contribution in [0.3, 0.4) is 0 Å². The van der Waals surface area contributed by atoms with E-state index >= 15 is 0 Å². The third kappa shape index (κ3) is 5.86. The number of methoxy groups -OCH3 is 2. The Hall–Kier alpha value is -2.99. The van der Waals surface area contributed by atoms with Gasteiger partial charge in [0.25, 0.3) is 0 Å². The standard InChI is InChI=1S/C30H41N3O3/c1-5-22-11-8-12-24-26(20-32-30(22)24)25(23-13-14-27(35-3)28(18-23)36-4)19-29(34)31-15-9-17-33-16-7-6-10-21(33)2/h8,11-14,18,20-21,25,32H,5-7,9-10,15-17,19H2,1-4H3,(H,31,34)/t21-,25+/m0/s1.